The highest BCUT2D eigenvalue weighted by atomic mass is 32.2. The smallest absolute Gasteiger partial charge is 0.422 e. The number of thiophene rings is 2. The third-order valence-corrected chi connectivity index (χ3v) is 34.0. The Kier molecular flexibility index (Phi) is 28.4. The molecule has 4 aliphatic rings. The summed E-state index contributed by atoms with van der Waals surface area (Å²) in [5.74, 6) is 9.05. The highest BCUT2D eigenvalue weighted by molar-refractivity contribution is 7.98. The number of alkyl halides is 9. The maximum Gasteiger partial charge on any atom is 0.422 e. The van der Waals surface area contributed by atoms with Gasteiger partial charge in [-0.15, -0.1) is 0 Å². The maximum absolute atomic E-state index is 13.6. The van der Waals surface area contributed by atoms with E-state index in [4.69, 9.17) is 28.8 Å². The van der Waals surface area contributed by atoms with Gasteiger partial charge in [-0.25, -0.2) is 8.78 Å². The zero-order valence-corrected chi connectivity index (χ0v) is 68.9. The Balaban J connectivity index is 0.000000117. The lowest BCUT2D eigenvalue weighted by atomic mass is 10.1. The highest BCUT2D eigenvalue weighted by Crippen LogP contribution is 2.51. The van der Waals surface area contributed by atoms with Gasteiger partial charge in [0, 0.05) is 143 Å². The number of phenolic OH excluding ortho intramolecular Hbond substituents is 2. The molecule has 118 heavy (non-hydrogen) atoms. The summed E-state index contributed by atoms with van der Waals surface area (Å²) in [6, 6.07) is 83.4. The van der Waals surface area contributed by atoms with Crippen LogP contribution in [-0.2, 0) is 64.0 Å². The van der Waals surface area contributed by atoms with E-state index < -0.39 is 69.9 Å². The molecule has 4 aliphatic heterocycles. The number of fused-ring (bicyclic) bond motifs is 9. The number of halogens is 11. The van der Waals surface area contributed by atoms with E-state index in [1.807, 2.05) is 182 Å². The van der Waals surface area contributed by atoms with Crippen molar-refractivity contribution >= 4 is 137 Å². The molecular weight excluding hydrogens is 1640 g/mol. The summed E-state index contributed by atoms with van der Waals surface area (Å²) in [5.41, 5.74) is -0.593. The molecule has 4 fully saturated rings. The third-order valence-electron chi connectivity index (χ3n) is 20.0. The highest BCUT2D eigenvalue weighted by Gasteiger charge is 2.37. The van der Waals surface area contributed by atoms with Gasteiger partial charge < -0.3 is 33.9 Å². The first-order valence-corrected chi connectivity index (χ1v) is 47.2. The van der Waals surface area contributed by atoms with Crippen LogP contribution >= 0.6 is 20.9 Å². The van der Waals surface area contributed by atoms with Crippen molar-refractivity contribution in [3.63, 3.8) is 0 Å². The quantitative estimate of drug-likeness (QED) is 0.104. The number of hydrogen-bond donors (Lipinski definition) is 2. The fourth-order valence-corrected chi connectivity index (χ4v) is 27.9. The predicted molar refractivity (Wildman–Crippen MR) is 468 cm³/mol. The minimum atomic E-state index is -4.33. The fraction of sp³-hybridized carbons (Fsp3) is 0.234. The lowest BCUT2D eigenvalue weighted by Gasteiger charge is -2.17. The van der Waals surface area contributed by atoms with Gasteiger partial charge in [0.25, 0.3) is 0 Å². The van der Waals surface area contributed by atoms with Gasteiger partial charge in [0.1, 0.15) is 80.7 Å². The van der Waals surface area contributed by atoms with Crippen molar-refractivity contribution in [3.8, 4) is 32.8 Å². The molecule has 0 amide bonds. The van der Waals surface area contributed by atoms with Crippen molar-refractivity contribution in [2.45, 2.75) is 57.4 Å². The molecule has 0 spiro atoms. The summed E-state index contributed by atoms with van der Waals surface area (Å²) < 4.78 is 171. The molecule has 7 nitrogen and oxygen atoms in total. The van der Waals surface area contributed by atoms with E-state index in [-0.39, 0.29) is 38.4 Å². The molecule has 0 unspecified atom stereocenters. The Morgan fingerprint density at radius 1 is 0.297 bits per heavy atom. The molecule has 0 aliphatic carbocycles. The molecule has 0 saturated carbocycles. The van der Waals surface area contributed by atoms with Crippen LogP contribution in [0.5, 0.6) is 23.0 Å². The van der Waals surface area contributed by atoms with Crippen molar-refractivity contribution in [1.82, 2.24) is 0 Å². The van der Waals surface area contributed by atoms with Gasteiger partial charge in [0.15, 0.2) is 61.4 Å². The molecule has 6 heterocycles. The van der Waals surface area contributed by atoms with Crippen LogP contribution in [0.2, 0.25) is 0 Å². The SMILES string of the molecule is FC(F)(F)COc1ccc([S+]2CCCCC2)c2ccccc12.FC(F)(F)COc1ccc([S+]2CCOCC2)c2ccccc12.FC(F)(F)c1cccc(-[s+]2c3ccccc3c3ccccc32)c1.Fc1cc(F)cc(-[s+]2c3ccccc3c3ccccc32)c1.Oc1ccc([S+]2CCOCC2)c2ccccc12.Oc1ccc([S+]2CCOCC2)cc1. The molecule has 2 N–H and O–H groups in total. The number of aromatic hydroxyl groups is 2. The number of hydrogen-bond acceptors (Lipinski definition) is 7. The summed E-state index contributed by atoms with van der Waals surface area (Å²) in [4.78, 5) is 6.58. The summed E-state index contributed by atoms with van der Waals surface area (Å²) >= 11 is 0. The normalized spacial score (nSPS) is 15.2. The third kappa shape index (κ3) is 21.3. The first kappa shape index (κ1) is 85.2. The minimum Gasteiger partial charge on any atom is -0.508 e. The lowest BCUT2D eigenvalue weighted by molar-refractivity contribution is -0.153. The number of rotatable bonds is 10. The second-order valence-electron chi connectivity index (χ2n) is 27.9. The minimum absolute atomic E-state index is 0.0853. The molecule has 13 aromatic carbocycles. The average Bonchev–Trinajstić information content (AvgIpc) is 1.59. The van der Waals surface area contributed by atoms with Crippen LogP contribution in [0.1, 0.15) is 24.8 Å². The Hall–Kier alpha value is -9.21. The molecule has 19 rings (SSSR count). The van der Waals surface area contributed by atoms with Gasteiger partial charge in [-0.2, -0.15) is 39.5 Å². The van der Waals surface area contributed by atoms with E-state index in [0.717, 1.165) is 154 Å². The first-order chi connectivity index (χ1) is 57.1. The van der Waals surface area contributed by atoms with Crippen molar-refractivity contribution in [1.29, 1.82) is 0 Å². The van der Waals surface area contributed by atoms with E-state index in [1.54, 1.807) is 30.3 Å². The van der Waals surface area contributed by atoms with Gasteiger partial charge >= 0.3 is 18.5 Å². The number of ether oxygens (including phenoxy) is 5. The van der Waals surface area contributed by atoms with E-state index in [9.17, 15) is 53.4 Å². The Labute approximate surface area is 693 Å². The van der Waals surface area contributed by atoms with Crippen molar-refractivity contribution < 1.29 is 82.2 Å². The summed E-state index contributed by atoms with van der Waals surface area (Å²) in [7, 11) is -0.0105. The Bertz CT molecular complexity index is 5650. The zero-order chi connectivity index (χ0) is 82.3. The standard InChI is InChI=1S/C19H12F3S.C18H11F2S.C17H18F3OS.C16H16F3O2S.C14H14O2S.C10H12O2S/c20-19(21,22)13-6-5-7-14(12-13)23-17-10-3-1-8-15(17)16-9-2-4-11-18(16)23;19-12-9-13(20)11-14(10-12)21-17-7-3-1-5-15(17)16-6-2-4-8-18(16)21;18-17(19,20)12-21-15-8-9-16(22-10-4-1-5-11-22)14-7-3-2-6-13(14)15;17-16(18,19)11-21-14-5-6-15(22-9-7-20-8-10-22)13-4-2-1-3-12(13)14;15-13-5-6-14(17-9-7-16-8-10-17)12-4-2-1-3-11(12)13;11-9-1-3-10(4-2-9)13-7-5-12-6-8-13/h1-12H;1-11H;2-3,6-9H,1,4-5,10-12H2;1-6H,7-11H2;1-6H,7-10H2;1-4H,5-8H2/q4*+1;;/p+2. The van der Waals surface area contributed by atoms with Crippen LogP contribution in [0.4, 0.5) is 48.3 Å². The summed E-state index contributed by atoms with van der Waals surface area (Å²) in [6.07, 6.45) is -9.20. The fourth-order valence-electron chi connectivity index (χ4n) is 14.7. The van der Waals surface area contributed by atoms with Gasteiger partial charge in [0.2, 0.25) is 0 Å². The van der Waals surface area contributed by atoms with Crippen LogP contribution in [0.15, 0.2) is 293 Å². The topological polar surface area (TPSA) is 86.6 Å². The van der Waals surface area contributed by atoms with Crippen LogP contribution in [0.25, 0.3) is 82.5 Å². The molecule has 2 aromatic heterocycles. The van der Waals surface area contributed by atoms with Crippen LogP contribution < -0.4 is 9.47 Å². The van der Waals surface area contributed by atoms with Crippen molar-refractivity contribution in [2.75, 3.05) is 98.9 Å². The van der Waals surface area contributed by atoms with Gasteiger partial charge in [0.05, 0.1) is 45.2 Å². The predicted octanol–water partition coefficient (Wildman–Crippen LogP) is 25.4. The molecular formula is C94H85F11O7S6+6. The molecule has 15 aromatic rings. The monoisotopic (exact) mass is 1730 g/mol. The van der Waals surface area contributed by atoms with E-state index in [2.05, 4.69) is 24.3 Å². The number of benzene rings is 13. The lowest BCUT2D eigenvalue weighted by Crippen LogP contribution is -2.26. The molecule has 0 radical (unpaired) electrons. The Morgan fingerprint density at radius 2 is 0.644 bits per heavy atom. The summed E-state index contributed by atoms with van der Waals surface area (Å²) in [6.45, 7) is 2.44. The average molecular weight is 1730 g/mol. The van der Waals surface area contributed by atoms with Crippen molar-refractivity contribution in [3.05, 3.63) is 290 Å². The van der Waals surface area contributed by atoms with E-state index in [0.29, 0.717) is 37.9 Å². The second-order valence-corrected chi connectivity index (χ2v) is 40.8. The van der Waals surface area contributed by atoms with E-state index in [1.165, 1.54) is 80.0 Å². The Morgan fingerprint density at radius 3 is 1.05 bits per heavy atom. The maximum atomic E-state index is 13.6. The first-order valence-electron chi connectivity index (χ1n) is 38.4. The van der Waals surface area contributed by atoms with Gasteiger partial charge in [-0.1, -0.05) is 109 Å². The van der Waals surface area contributed by atoms with Crippen LogP contribution in [0, 0.1) is 11.6 Å². The van der Waals surface area contributed by atoms with Crippen LogP contribution in [0.3, 0.4) is 0 Å². The van der Waals surface area contributed by atoms with Gasteiger partial charge in [-0.05, 0) is 159 Å². The van der Waals surface area contributed by atoms with Crippen LogP contribution in [-0.4, -0.2) is 121 Å². The molecule has 4 saturated heterocycles. The summed E-state index contributed by atoms with van der Waals surface area (Å²) in [5, 5.41) is 29.2. The van der Waals surface area contributed by atoms with Gasteiger partial charge in [-0.3, -0.25) is 0 Å². The van der Waals surface area contributed by atoms with E-state index >= 15 is 0 Å². The zero-order valence-electron chi connectivity index (χ0n) is 64.0. The van der Waals surface area contributed by atoms with Crippen molar-refractivity contribution in [2.24, 2.45) is 0 Å². The molecule has 610 valence electrons. The molecule has 24 heteroatoms. The molecule has 0 atom stereocenters. The number of phenols is 2. The second kappa shape index (κ2) is 39.3. The molecule has 0 bridgehead atoms. The largest absolute Gasteiger partial charge is 0.508 e.